The Morgan fingerprint density at radius 2 is 1.96 bits per heavy atom. The van der Waals surface area contributed by atoms with Crippen molar-refractivity contribution in [2.75, 3.05) is 14.2 Å². The van der Waals surface area contributed by atoms with Gasteiger partial charge in [0.05, 0.1) is 29.7 Å². The van der Waals surface area contributed by atoms with Gasteiger partial charge in [-0.25, -0.2) is 0 Å². The summed E-state index contributed by atoms with van der Waals surface area (Å²) in [6.07, 6.45) is 0. The molecule has 0 fully saturated rings. The number of rotatable bonds is 7. The van der Waals surface area contributed by atoms with Crippen LogP contribution in [-0.4, -0.2) is 29.3 Å². The summed E-state index contributed by atoms with van der Waals surface area (Å²) in [7, 11) is 3.08. The van der Waals surface area contributed by atoms with Crippen molar-refractivity contribution in [1.82, 2.24) is 10.1 Å². The highest BCUT2D eigenvalue weighted by molar-refractivity contribution is 6.32. The number of benzene rings is 2. The van der Waals surface area contributed by atoms with Gasteiger partial charge in [-0.1, -0.05) is 16.8 Å². The van der Waals surface area contributed by atoms with Crippen LogP contribution in [0.2, 0.25) is 5.02 Å². The minimum Gasteiger partial charge on any atom is -0.497 e. The first kappa shape index (κ1) is 18.5. The molecule has 2 aromatic carbocycles. The minimum absolute atomic E-state index is 0.0526. The fourth-order valence-corrected chi connectivity index (χ4v) is 2.50. The summed E-state index contributed by atoms with van der Waals surface area (Å²) in [5, 5.41) is 14.8. The van der Waals surface area contributed by atoms with Crippen molar-refractivity contribution in [3.8, 4) is 28.6 Å². The molecule has 0 saturated carbocycles. The molecule has 0 atom stereocenters. The Morgan fingerprint density at radius 3 is 2.63 bits per heavy atom. The van der Waals surface area contributed by atoms with Crippen molar-refractivity contribution >= 4 is 17.3 Å². The Labute approximate surface area is 158 Å². The van der Waals surface area contributed by atoms with Gasteiger partial charge in [-0.3, -0.25) is 10.1 Å². The van der Waals surface area contributed by atoms with Crippen LogP contribution < -0.4 is 14.2 Å². The van der Waals surface area contributed by atoms with Gasteiger partial charge in [-0.15, -0.1) is 0 Å². The molecule has 3 aromatic rings. The molecular weight excluding hydrogens is 378 g/mol. The normalized spacial score (nSPS) is 10.5. The lowest BCUT2D eigenvalue weighted by atomic mass is 10.2. The smallest absolute Gasteiger partial charge is 0.271 e. The largest absolute Gasteiger partial charge is 0.497 e. The highest BCUT2D eigenvalue weighted by Crippen LogP contribution is 2.32. The summed E-state index contributed by atoms with van der Waals surface area (Å²) in [6, 6.07) is 9.12. The number of halogens is 1. The van der Waals surface area contributed by atoms with Crippen LogP contribution in [0.3, 0.4) is 0 Å². The lowest BCUT2D eigenvalue weighted by molar-refractivity contribution is -0.384. The van der Waals surface area contributed by atoms with E-state index in [2.05, 4.69) is 10.1 Å². The van der Waals surface area contributed by atoms with Crippen molar-refractivity contribution in [3.05, 3.63) is 57.4 Å². The Bertz CT molecular complexity index is 975. The fourth-order valence-electron chi connectivity index (χ4n) is 2.27. The molecule has 0 unspecified atom stereocenters. The molecule has 10 heteroatoms. The van der Waals surface area contributed by atoms with Crippen LogP contribution in [0.4, 0.5) is 5.69 Å². The Balaban J connectivity index is 1.74. The van der Waals surface area contributed by atoms with E-state index in [4.69, 9.17) is 30.3 Å². The monoisotopic (exact) mass is 391 g/mol. The maximum atomic E-state index is 10.7. The predicted octanol–water partition coefficient (Wildman–Crippen LogP) is 3.89. The van der Waals surface area contributed by atoms with Crippen molar-refractivity contribution in [3.63, 3.8) is 0 Å². The SMILES string of the molecule is COc1ccc(-c2noc(COc3ccc([N+](=O)[O-])cc3Cl)n2)c(OC)c1. The molecule has 140 valence electrons. The standard InChI is InChI=1S/C17H14ClN3O6/c1-24-11-4-5-12(15(8-11)25-2)17-19-16(27-20-17)9-26-14-6-3-10(21(22)23)7-13(14)18/h3-8H,9H2,1-2H3. The fraction of sp³-hybridized carbons (Fsp3) is 0.176. The zero-order chi connectivity index (χ0) is 19.4. The van der Waals surface area contributed by atoms with Crippen LogP contribution in [0.25, 0.3) is 11.4 Å². The van der Waals surface area contributed by atoms with E-state index in [-0.39, 0.29) is 29.0 Å². The highest BCUT2D eigenvalue weighted by atomic mass is 35.5. The molecule has 9 nitrogen and oxygen atoms in total. The molecule has 27 heavy (non-hydrogen) atoms. The van der Waals surface area contributed by atoms with Crippen LogP contribution in [0.15, 0.2) is 40.9 Å². The maximum absolute atomic E-state index is 10.7. The minimum atomic E-state index is -0.540. The second-order valence-electron chi connectivity index (χ2n) is 5.24. The van der Waals surface area contributed by atoms with Crippen molar-refractivity contribution in [2.45, 2.75) is 6.61 Å². The van der Waals surface area contributed by atoms with E-state index in [9.17, 15) is 10.1 Å². The summed E-state index contributed by atoms with van der Waals surface area (Å²) < 4.78 is 21.1. The van der Waals surface area contributed by atoms with Crippen molar-refractivity contribution in [1.29, 1.82) is 0 Å². The van der Waals surface area contributed by atoms with Crippen LogP contribution in [0, 0.1) is 10.1 Å². The molecule has 0 saturated heterocycles. The number of aromatic nitrogens is 2. The number of nitro groups is 1. The van der Waals surface area contributed by atoms with Gasteiger partial charge in [-0.2, -0.15) is 4.98 Å². The molecule has 0 amide bonds. The third-order valence-corrected chi connectivity index (χ3v) is 3.89. The summed E-state index contributed by atoms with van der Waals surface area (Å²) in [5.74, 6) is 1.96. The van der Waals surface area contributed by atoms with Gasteiger partial charge in [0.15, 0.2) is 6.61 Å². The van der Waals surface area contributed by atoms with E-state index in [1.807, 2.05) is 0 Å². The van der Waals surface area contributed by atoms with Gasteiger partial charge in [-0.05, 0) is 18.2 Å². The number of hydrogen-bond donors (Lipinski definition) is 0. The first-order chi connectivity index (χ1) is 13.0. The van der Waals surface area contributed by atoms with E-state index in [0.717, 1.165) is 0 Å². The first-order valence-corrected chi connectivity index (χ1v) is 8.01. The van der Waals surface area contributed by atoms with Crippen LogP contribution in [0.5, 0.6) is 17.2 Å². The molecule has 3 rings (SSSR count). The topological polar surface area (TPSA) is 110 Å². The van der Waals surface area contributed by atoms with Gasteiger partial charge in [0.1, 0.15) is 17.2 Å². The molecule has 0 aliphatic heterocycles. The summed E-state index contributed by atoms with van der Waals surface area (Å²) in [6.45, 7) is -0.0526. The molecule has 0 radical (unpaired) electrons. The molecule has 0 N–H and O–H groups in total. The first-order valence-electron chi connectivity index (χ1n) is 7.63. The Kier molecular flexibility index (Phi) is 5.41. The van der Waals surface area contributed by atoms with Gasteiger partial charge >= 0.3 is 0 Å². The quantitative estimate of drug-likeness (QED) is 0.440. The zero-order valence-electron chi connectivity index (χ0n) is 14.3. The van der Waals surface area contributed by atoms with E-state index in [0.29, 0.717) is 22.9 Å². The third kappa shape index (κ3) is 4.09. The van der Waals surface area contributed by atoms with E-state index < -0.39 is 4.92 Å². The average Bonchev–Trinajstić information content (AvgIpc) is 3.15. The number of nitro benzene ring substituents is 1. The Morgan fingerprint density at radius 1 is 1.15 bits per heavy atom. The average molecular weight is 392 g/mol. The molecule has 0 aliphatic rings. The highest BCUT2D eigenvalue weighted by Gasteiger charge is 2.16. The van der Waals surface area contributed by atoms with Gasteiger partial charge in [0, 0.05) is 18.2 Å². The summed E-state index contributed by atoms with van der Waals surface area (Å²) >= 11 is 5.98. The maximum Gasteiger partial charge on any atom is 0.271 e. The molecule has 1 aromatic heterocycles. The van der Waals surface area contributed by atoms with E-state index in [1.165, 1.54) is 25.3 Å². The van der Waals surface area contributed by atoms with Crippen LogP contribution in [0.1, 0.15) is 5.89 Å². The van der Waals surface area contributed by atoms with Gasteiger partial charge in [0.2, 0.25) is 5.82 Å². The second-order valence-corrected chi connectivity index (χ2v) is 5.65. The number of methoxy groups -OCH3 is 2. The van der Waals surface area contributed by atoms with Gasteiger partial charge in [0.25, 0.3) is 11.6 Å². The molecule has 0 aliphatic carbocycles. The van der Waals surface area contributed by atoms with Crippen molar-refractivity contribution < 1.29 is 23.7 Å². The molecular formula is C17H14ClN3O6. The molecule has 1 heterocycles. The second kappa shape index (κ2) is 7.92. The molecule has 0 spiro atoms. The van der Waals surface area contributed by atoms with Crippen LogP contribution in [-0.2, 0) is 6.61 Å². The number of non-ortho nitro benzene ring substituents is 1. The Hall–Kier alpha value is -3.33. The van der Waals surface area contributed by atoms with Crippen LogP contribution >= 0.6 is 11.6 Å². The summed E-state index contributed by atoms with van der Waals surface area (Å²) in [5.41, 5.74) is 0.501. The number of nitrogens with zero attached hydrogens (tertiary/aromatic N) is 3. The lowest BCUT2D eigenvalue weighted by Crippen LogP contribution is -1.97. The van der Waals surface area contributed by atoms with E-state index in [1.54, 1.807) is 25.3 Å². The number of ether oxygens (including phenoxy) is 3. The summed E-state index contributed by atoms with van der Waals surface area (Å²) in [4.78, 5) is 14.4. The third-order valence-electron chi connectivity index (χ3n) is 3.60. The van der Waals surface area contributed by atoms with Crippen molar-refractivity contribution in [2.24, 2.45) is 0 Å². The lowest BCUT2D eigenvalue weighted by Gasteiger charge is -2.07. The van der Waals surface area contributed by atoms with E-state index >= 15 is 0 Å². The molecule has 0 bridgehead atoms. The zero-order valence-corrected chi connectivity index (χ0v) is 15.1. The predicted molar refractivity (Wildman–Crippen MR) is 95.3 cm³/mol. The van der Waals surface area contributed by atoms with Gasteiger partial charge < -0.3 is 18.7 Å². The number of hydrogen-bond acceptors (Lipinski definition) is 8.